The summed E-state index contributed by atoms with van der Waals surface area (Å²) in [5.74, 6) is -3.26. The Labute approximate surface area is 183 Å². The third-order valence-corrected chi connectivity index (χ3v) is 7.12. The van der Waals surface area contributed by atoms with Crippen molar-refractivity contribution in [3.63, 3.8) is 0 Å². The van der Waals surface area contributed by atoms with Crippen LogP contribution < -0.4 is 0 Å². The molecule has 0 atom stereocenters. The molecule has 0 saturated heterocycles. The molecule has 0 heterocycles. The molecule has 5 nitrogen and oxygen atoms in total. The molecule has 32 heavy (non-hydrogen) atoms. The normalized spacial score (nSPS) is 30.8. The smallest absolute Gasteiger partial charge is 0.381 e. The molecule has 4 saturated carbocycles. The first-order valence-electron chi connectivity index (χ1n) is 10.2. The van der Waals surface area contributed by atoms with E-state index in [0.717, 1.165) is 19.3 Å². The number of halogens is 8. The van der Waals surface area contributed by atoms with Crippen LogP contribution in [0.2, 0.25) is 0 Å². The summed E-state index contributed by atoms with van der Waals surface area (Å²) in [7, 11) is 0. The van der Waals surface area contributed by atoms with Crippen LogP contribution in [0.15, 0.2) is 0 Å². The molecule has 0 aromatic heterocycles. The van der Waals surface area contributed by atoms with Crippen LogP contribution >= 0.6 is 12.0 Å². The Bertz CT molecular complexity index is 616. The van der Waals surface area contributed by atoms with E-state index in [9.17, 15) is 35.1 Å². The lowest BCUT2D eigenvalue weighted by Crippen LogP contribution is -2.52. The Hall–Kier alpha value is -0.410. The van der Waals surface area contributed by atoms with E-state index < -0.39 is 48.3 Å². The molecule has 14 heteroatoms. The van der Waals surface area contributed by atoms with E-state index in [-0.39, 0.29) is 12.0 Å². The third kappa shape index (κ3) is 5.62. The van der Waals surface area contributed by atoms with Gasteiger partial charge in [0.2, 0.25) is 0 Å². The van der Waals surface area contributed by atoms with E-state index in [2.05, 4.69) is 14.1 Å². The van der Waals surface area contributed by atoms with Gasteiger partial charge in [0.25, 0.3) is 0 Å². The van der Waals surface area contributed by atoms with Crippen molar-refractivity contribution < 1.29 is 59.2 Å². The van der Waals surface area contributed by atoms with Gasteiger partial charge in [-0.1, -0.05) is 5.04 Å². The molecule has 0 amide bonds. The molecule has 0 aromatic carbocycles. The molecule has 0 spiro atoms. The van der Waals surface area contributed by atoms with E-state index in [0.29, 0.717) is 24.4 Å². The van der Waals surface area contributed by atoms with Crippen LogP contribution in [0.3, 0.4) is 0 Å². The Balaban J connectivity index is 1.45. The lowest BCUT2D eigenvalue weighted by atomic mass is 9.50. The number of hydrogen-bond donors (Lipinski definition) is 1. The number of ether oxygens (including phenoxy) is 2. The Morgan fingerprint density at radius 2 is 1.38 bits per heavy atom. The minimum absolute atomic E-state index is 0.0179. The van der Waals surface area contributed by atoms with Crippen LogP contribution in [0.5, 0.6) is 0 Å². The van der Waals surface area contributed by atoms with Crippen molar-refractivity contribution in [2.75, 3.05) is 13.2 Å². The van der Waals surface area contributed by atoms with E-state index >= 15 is 0 Å². The summed E-state index contributed by atoms with van der Waals surface area (Å²) in [4.78, 5) is 0. The van der Waals surface area contributed by atoms with Gasteiger partial charge in [0.1, 0.15) is 12.0 Å². The number of alkyl halides is 8. The number of hydrogen-bond acceptors (Lipinski definition) is 6. The zero-order valence-electron chi connectivity index (χ0n) is 16.8. The van der Waals surface area contributed by atoms with Crippen molar-refractivity contribution in [3.8, 4) is 0 Å². The van der Waals surface area contributed by atoms with Crippen LogP contribution in [-0.2, 0) is 18.8 Å². The molecule has 4 rings (SSSR count). The molecule has 0 aromatic rings. The second-order valence-corrected chi connectivity index (χ2v) is 9.97. The van der Waals surface area contributed by atoms with Gasteiger partial charge in [0.15, 0.2) is 0 Å². The first kappa shape index (κ1) is 26.2. The molecular formula is C18H24F8O5S. The molecule has 4 aliphatic rings. The fourth-order valence-corrected chi connectivity index (χ4v) is 5.95. The average Bonchev–Trinajstić information content (AvgIpc) is 2.63. The quantitative estimate of drug-likeness (QED) is 0.102. The first-order valence-corrected chi connectivity index (χ1v) is 10.9. The molecule has 4 aliphatic carbocycles. The van der Waals surface area contributed by atoms with Gasteiger partial charge in [0, 0.05) is 13.0 Å². The zero-order valence-corrected chi connectivity index (χ0v) is 17.6. The second-order valence-electron chi connectivity index (χ2n) is 9.16. The lowest BCUT2D eigenvalue weighted by Gasteiger charge is -2.56. The monoisotopic (exact) mass is 504 g/mol. The summed E-state index contributed by atoms with van der Waals surface area (Å²) >= 11 is -1.59. The predicted octanol–water partition coefficient (Wildman–Crippen LogP) is 6.50. The Morgan fingerprint density at radius 3 is 1.88 bits per heavy atom. The molecular weight excluding hydrogens is 480 g/mol. The highest BCUT2D eigenvalue weighted by Gasteiger charge is 2.69. The highest BCUT2D eigenvalue weighted by Crippen LogP contribution is 2.60. The second kappa shape index (κ2) is 9.33. The maximum absolute atomic E-state index is 13.8. The van der Waals surface area contributed by atoms with Gasteiger partial charge < -0.3 is 4.74 Å². The van der Waals surface area contributed by atoms with Crippen LogP contribution in [-0.4, -0.2) is 41.9 Å². The molecule has 0 radical (unpaired) electrons. The largest absolute Gasteiger partial charge is 0.436 e. The van der Waals surface area contributed by atoms with Crippen molar-refractivity contribution in [1.29, 1.82) is 0 Å². The van der Waals surface area contributed by atoms with Crippen molar-refractivity contribution in [2.24, 2.45) is 23.2 Å². The average molecular weight is 504 g/mol. The van der Waals surface area contributed by atoms with Crippen LogP contribution in [0.4, 0.5) is 35.1 Å². The van der Waals surface area contributed by atoms with Crippen LogP contribution in [0.25, 0.3) is 0 Å². The van der Waals surface area contributed by atoms with Gasteiger partial charge >= 0.3 is 23.4 Å². The maximum Gasteiger partial charge on any atom is 0.436 e. The molecule has 4 fully saturated rings. The Kier molecular flexibility index (Phi) is 7.64. The lowest BCUT2D eigenvalue weighted by molar-refractivity contribution is -0.461. The van der Waals surface area contributed by atoms with Gasteiger partial charge in [-0.25, -0.2) is 9.99 Å². The first-order chi connectivity index (χ1) is 14.7. The van der Waals surface area contributed by atoms with Crippen molar-refractivity contribution >= 4 is 12.0 Å². The van der Waals surface area contributed by atoms with E-state index in [4.69, 9.17) is 9.99 Å². The summed E-state index contributed by atoms with van der Waals surface area (Å²) in [6.45, 7) is 0.0148. The van der Waals surface area contributed by atoms with E-state index in [1.54, 1.807) is 0 Å². The van der Waals surface area contributed by atoms with Gasteiger partial charge in [-0.2, -0.15) is 35.1 Å². The SMILES string of the molecule is OOOSC(F)(F)C(F)(F)OC(F)(F)C(F)(F)CCCOCC12CC3CC(CC(C3)C1)C2. The summed E-state index contributed by atoms with van der Waals surface area (Å²) < 4.78 is 119. The molecule has 1 N–H and O–H groups in total. The van der Waals surface area contributed by atoms with E-state index in [1.165, 1.54) is 19.3 Å². The van der Waals surface area contributed by atoms with Gasteiger partial charge in [-0.3, -0.25) is 0 Å². The van der Waals surface area contributed by atoms with Crippen molar-refractivity contribution in [3.05, 3.63) is 0 Å². The topological polar surface area (TPSA) is 57.2 Å². The summed E-state index contributed by atoms with van der Waals surface area (Å²) in [6.07, 6.45) is -7.65. The third-order valence-electron chi connectivity index (χ3n) is 6.54. The predicted molar refractivity (Wildman–Crippen MR) is 93.9 cm³/mol. The highest BCUT2D eigenvalue weighted by molar-refractivity contribution is 7.95. The zero-order chi connectivity index (χ0) is 23.8. The summed E-state index contributed by atoms with van der Waals surface area (Å²) in [5, 5.41) is 4.80. The van der Waals surface area contributed by atoms with Crippen molar-refractivity contribution in [2.45, 2.75) is 74.8 Å². The molecule has 188 valence electrons. The Morgan fingerprint density at radius 1 is 0.844 bits per heavy atom. The fourth-order valence-electron chi connectivity index (χ4n) is 5.70. The van der Waals surface area contributed by atoms with Crippen LogP contribution in [0.1, 0.15) is 51.4 Å². The highest BCUT2D eigenvalue weighted by atomic mass is 32.2. The van der Waals surface area contributed by atoms with Gasteiger partial charge in [0.05, 0.1) is 6.61 Å². The molecule has 4 bridgehead atoms. The van der Waals surface area contributed by atoms with Gasteiger partial charge in [-0.05, 0) is 68.1 Å². The van der Waals surface area contributed by atoms with Crippen LogP contribution in [0, 0.1) is 23.2 Å². The fraction of sp³-hybridized carbons (Fsp3) is 1.00. The minimum Gasteiger partial charge on any atom is -0.381 e. The van der Waals surface area contributed by atoms with Crippen molar-refractivity contribution in [1.82, 2.24) is 0 Å². The maximum atomic E-state index is 13.8. The summed E-state index contributed by atoms with van der Waals surface area (Å²) in [5.41, 5.74) is -0.0179. The standard InChI is InChI=1S/C18H24F8O5S/c19-15(20,16(21,22)29-17(23,24)18(25,26)32-31-30-27)2-1-3-28-10-14-7-11-4-12(8-14)6-13(5-11)9-14/h11-13,27H,1-10H2. The minimum atomic E-state index is -6.07. The number of rotatable bonds is 13. The molecule has 0 aliphatic heterocycles. The summed E-state index contributed by atoms with van der Waals surface area (Å²) in [6, 6.07) is 0. The van der Waals surface area contributed by atoms with E-state index in [1.807, 2.05) is 0 Å². The van der Waals surface area contributed by atoms with Gasteiger partial charge in [-0.15, -0.1) is 4.33 Å². The molecule has 0 unspecified atom stereocenters.